The zero-order chi connectivity index (χ0) is 7.68. The lowest BCUT2D eigenvalue weighted by Gasteiger charge is -1.94. The predicted octanol–water partition coefficient (Wildman–Crippen LogP) is 2.69. The van der Waals surface area contributed by atoms with Gasteiger partial charge in [0, 0.05) is 28.1 Å². The maximum atomic E-state index is 3.13. The van der Waals surface area contributed by atoms with Crippen molar-refractivity contribution in [3.63, 3.8) is 0 Å². The summed E-state index contributed by atoms with van der Waals surface area (Å²) in [5.74, 6) is 0. The summed E-state index contributed by atoms with van der Waals surface area (Å²) >= 11 is 1.75. The highest BCUT2D eigenvalue weighted by atomic mass is 32.2. The number of aromatic nitrogens is 1. The van der Waals surface area contributed by atoms with Crippen LogP contribution in [0.3, 0.4) is 0 Å². The van der Waals surface area contributed by atoms with E-state index in [1.807, 2.05) is 6.20 Å². The van der Waals surface area contributed by atoms with E-state index < -0.39 is 0 Å². The van der Waals surface area contributed by atoms with Gasteiger partial charge in [-0.1, -0.05) is 6.07 Å². The Hall–Kier alpha value is -0.890. The summed E-state index contributed by atoms with van der Waals surface area (Å²) in [6.07, 6.45) is 3.92. The number of H-pyrrole nitrogens is 1. The fraction of sp³-hybridized carbons (Fsp3) is 0.111. The summed E-state index contributed by atoms with van der Waals surface area (Å²) in [7, 11) is 0. The van der Waals surface area contributed by atoms with Gasteiger partial charge in [-0.2, -0.15) is 0 Å². The van der Waals surface area contributed by atoms with Crippen molar-refractivity contribution in [1.29, 1.82) is 0 Å². The van der Waals surface area contributed by atoms with Gasteiger partial charge in [0.25, 0.3) is 0 Å². The fourth-order valence-electron chi connectivity index (χ4n) is 1.09. The van der Waals surface area contributed by atoms with Crippen LogP contribution in [0.5, 0.6) is 0 Å². The molecule has 1 radical (unpaired) electrons. The van der Waals surface area contributed by atoms with E-state index in [9.17, 15) is 0 Å². The number of hydrogen-bond donors (Lipinski definition) is 1. The summed E-state index contributed by atoms with van der Waals surface area (Å²) in [6.45, 7) is 0. The van der Waals surface area contributed by atoms with Crippen molar-refractivity contribution in [2.75, 3.05) is 6.26 Å². The first-order chi connectivity index (χ1) is 5.40. The number of rotatable bonds is 1. The van der Waals surface area contributed by atoms with Gasteiger partial charge in [-0.05, 0) is 18.4 Å². The third-order valence-corrected chi connectivity index (χ3v) is 2.41. The molecular weight excluding hydrogens is 154 g/mol. The minimum absolute atomic E-state index is 1.16. The van der Waals surface area contributed by atoms with E-state index in [4.69, 9.17) is 0 Å². The highest BCUT2D eigenvalue weighted by Crippen LogP contribution is 2.19. The van der Waals surface area contributed by atoms with Gasteiger partial charge in [0.15, 0.2) is 0 Å². The molecule has 0 unspecified atom stereocenters. The molecule has 55 valence electrons. The minimum atomic E-state index is 1.16. The topological polar surface area (TPSA) is 15.8 Å². The normalized spacial score (nSPS) is 10.6. The van der Waals surface area contributed by atoms with E-state index in [1.54, 1.807) is 11.8 Å². The van der Waals surface area contributed by atoms with E-state index in [0.717, 1.165) is 10.9 Å². The molecular formula is C9H8NS. The van der Waals surface area contributed by atoms with Crippen LogP contribution in [0.2, 0.25) is 0 Å². The highest BCUT2D eigenvalue weighted by Gasteiger charge is 1.94. The van der Waals surface area contributed by atoms with Crippen LogP contribution in [-0.2, 0) is 0 Å². The van der Waals surface area contributed by atoms with Crippen LogP contribution in [0.1, 0.15) is 0 Å². The maximum Gasteiger partial charge on any atom is 0.0471 e. The second-order valence-electron chi connectivity index (χ2n) is 2.34. The van der Waals surface area contributed by atoms with Gasteiger partial charge in [-0.3, -0.25) is 0 Å². The summed E-state index contributed by atoms with van der Waals surface area (Å²) in [6, 6.07) is 9.43. The maximum absolute atomic E-state index is 3.13. The van der Waals surface area contributed by atoms with Crippen LogP contribution in [0.25, 0.3) is 10.9 Å². The summed E-state index contributed by atoms with van der Waals surface area (Å²) in [5, 5.41) is 1.16. The van der Waals surface area contributed by atoms with Gasteiger partial charge in [-0.15, -0.1) is 11.8 Å². The zero-order valence-corrected chi connectivity index (χ0v) is 7.03. The van der Waals surface area contributed by atoms with Crippen LogP contribution in [0, 0.1) is 6.07 Å². The quantitative estimate of drug-likeness (QED) is 0.637. The van der Waals surface area contributed by atoms with Crippen molar-refractivity contribution in [2.24, 2.45) is 0 Å². The van der Waals surface area contributed by atoms with Crippen molar-refractivity contribution < 1.29 is 0 Å². The average molecular weight is 162 g/mol. The summed E-state index contributed by atoms with van der Waals surface area (Å²) < 4.78 is 0. The Kier molecular flexibility index (Phi) is 1.62. The molecule has 1 aromatic heterocycles. The first kappa shape index (κ1) is 6.80. The first-order valence-electron chi connectivity index (χ1n) is 3.43. The number of aromatic amines is 1. The molecule has 1 heterocycles. The molecule has 0 atom stereocenters. The second-order valence-corrected chi connectivity index (χ2v) is 3.22. The molecule has 0 aliphatic carbocycles. The number of thioether (sulfide) groups is 1. The Morgan fingerprint density at radius 3 is 3.18 bits per heavy atom. The molecule has 0 aliphatic rings. The first-order valence-corrected chi connectivity index (χ1v) is 4.65. The molecule has 11 heavy (non-hydrogen) atoms. The molecule has 1 aromatic carbocycles. The summed E-state index contributed by atoms with van der Waals surface area (Å²) in [5.41, 5.74) is 1.16. The second kappa shape index (κ2) is 2.62. The van der Waals surface area contributed by atoms with E-state index in [-0.39, 0.29) is 0 Å². The van der Waals surface area contributed by atoms with E-state index in [1.165, 1.54) is 4.90 Å². The standard InChI is InChI=1S/C9H8NS/c1-11-8-3-2-7-4-5-10-9(7)6-8/h2-3,5-6,10H,1H3. The third kappa shape index (κ3) is 1.14. The van der Waals surface area contributed by atoms with Crippen molar-refractivity contribution in [2.45, 2.75) is 4.90 Å². The number of hydrogen-bond acceptors (Lipinski definition) is 1. The lowest BCUT2D eigenvalue weighted by atomic mass is 10.2. The van der Waals surface area contributed by atoms with Gasteiger partial charge in [0.1, 0.15) is 0 Å². The van der Waals surface area contributed by atoms with Crippen molar-refractivity contribution in [1.82, 2.24) is 4.98 Å². The Bertz CT molecular complexity index is 364. The predicted molar refractivity (Wildman–Crippen MR) is 48.9 cm³/mol. The molecule has 2 aromatic rings. The molecule has 0 spiro atoms. The van der Waals surface area contributed by atoms with Crippen molar-refractivity contribution in [3.05, 3.63) is 30.5 Å². The Morgan fingerprint density at radius 2 is 2.36 bits per heavy atom. The Morgan fingerprint density at radius 1 is 1.45 bits per heavy atom. The lowest BCUT2D eigenvalue weighted by Crippen LogP contribution is -1.69. The molecule has 2 rings (SSSR count). The fourth-order valence-corrected chi connectivity index (χ4v) is 1.53. The van der Waals surface area contributed by atoms with Crippen LogP contribution >= 0.6 is 11.8 Å². The molecule has 0 saturated heterocycles. The van der Waals surface area contributed by atoms with Gasteiger partial charge in [-0.25, -0.2) is 0 Å². The SMILES string of the molecule is CSc1ccc2[c]c[nH]c2c1. The molecule has 0 bridgehead atoms. The van der Waals surface area contributed by atoms with Crippen LogP contribution in [0.4, 0.5) is 0 Å². The van der Waals surface area contributed by atoms with Crippen LogP contribution in [0.15, 0.2) is 29.3 Å². The zero-order valence-electron chi connectivity index (χ0n) is 6.22. The van der Waals surface area contributed by atoms with Crippen molar-refractivity contribution >= 4 is 22.7 Å². The molecule has 1 N–H and O–H groups in total. The van der Waals surface area contributed by atoms with Crippen LogP contribution in [-0.4, -0.2) is 11.2 Å². The minimum Gasteiger partial charge on any atom is -0.361 e. The Labute approximate surface area is 69.8 Å². The smallest absolute Gasteiger partial charge is 0.0471 e. The van der Waals surface area contributed by atoms with E-state index >= 15 is 0 Å². The molecule has 2 heteroatoms. The monoisotopic (exact) mass is 162 g/mol. The average Bonchev–Trinajstić information content (AvgIpc) is 2.50. The van der Waals surface area contributed by atoms with Gasteiger partial charge < -0.3 is 4.98 Å². The third-order valence-electron chi connectivity index (χ3n) is 1.68. The van der Waals surface area contributed by atoms with E-state index in [2.05, 4.69) is 35.5 Å². The molecule has 0 saturated carbocycles. The number of benzene rings is 1. The van der Waals surface area contributed by atoms with Gasteiger partial charge >= 0.3 is 0 Å². The highest BCUT2D eigenvalue weighted by molar-refractivity contribution is 7.98. The molecule has 0 fully saturated rings. The van der Waals surface area contributed by atoms with E-state index in [0.29, 0.717) is 0 Å². The Balaban J connectivity index is 2.67. The number of fused-ring (bicyclic) bond motifs is 1. The molecule has 0 aliphatic heterocycles. The van der Waals surface area contributed by atoms with Crippen molar-refractivity contribution in [3.8, 4) is 0 Å². The van der Waals surface area contributed by atoms with Gasteiger partial charge in [0.2, 0.25) is 0 Å². The lowest BCUT2D eigenvalue weighted by molar-refractivity contribution is 1.43. The summed E-state index contributed by atoms with van der Waals surface area (Å²) in [4.78, 5) is 4.41. The largest absolute Gasteiger partial charge is 0.361 e. The number of nitrogens with one attached hydrogen (secondary N) is 1. The van der Waals surface area contributed by atoms with Gasteiger partial charge in [0.05, 0.1) is 0 Å². The molecule has 1 nitrogen and oxygen atoms in total. The van der Waals surface area contributed by atoms with Crippen LogP contribution < -0.4 is 0 Å². The molecule has 0 amide bonds.